The molecule has 0 unspecified atom stereocenters. The summed E-state index contributed by atoms with van der Waals surface area (Å²) in [6, 6.07) is 8.69. The van der Waals surface area contributed by atoms with Crippen LogP contribution in [0.5, 0.6) is 0 Å². The molecule has 5 heteroatoms. The molecular weight excluding hydrogens is 342 g/mol. The molecule has 1 saturated heterocycles. The average Bonchev–Trinajstić information content (AvgIpc) is 3.12. The summed E-state index contributed by atoms with van der Waals surface area (Å²) in [7, 11) is 0. The standard InChI is InChI=1S/C17H22BrN3O/c1-2-20-8-3-4-15(20)11-19-17(22)12-21-9-7-13-5-6-14(18)10-16(13)21/h5-7,9-10,15H,2-4,8,11-12H2,1H3,(H,19,22)/t15-/m1/s1. The zero-order valence-corrected chi connectivity index (χ0v) is 14.5. The molecule has 1 aromatic heterocycles. The van der Waals surface area contributed by atoms with Gasteiger partial charge in [-0.1, -0.05) is 28.9 Å². The van der Waals surface area contributed by atoms with Gasteiger partial charge >= 0.3 is 0 Å². The highest BCUT2D eigenvalue weighted by atomic mass is 79.9. The molecule has 1 atom stereocenters. The largest absolute Gasteiger partial charge is 0.353 e. The Morgan fingerprint density at radius 2 is 2.27 bits per heavy atom. The molecule has 1 aromatic carbocycles. The average molecular weight is 364 g/mol. The molecular formula is C17H22BrN3O. The number of fused-ring (bicyclic) bond motifs is 1. The number of aromatic nitrogens is 1. The Labute approximate surface area is 139 Å². The van der Waals surface area contributed by atoms with Crippen LogP contribution < -0.4 is 5.32 Å². The van der Waals surface area contributed by atoms with E-state index in [1.807, 2.05) is 22.9 Å². The highest BCUT2D eigenvalue weighted by molar-refractivity contribution is 9.10. The van der Waals surface area contributed by atoms with Crippen LogP contribution in [0.25, 0.3) is 10.9 Å². The normalized spacial score (nSPS) is 18.9. The van der Waals surface area contributed by atoms with Crippen LogP contribution in [-0.2, 0) is 11.3 Å². The van der Waals surface area contributed by atoms with Crippen LogP contribution in [0.15, 0.2) is 34.9 Å². The lowest BCUT2D eigenvalue weighted by Crippen LogP contribution is -2.40. The predicted molar refractivity (Wildman–Crippen MR) is 92.9 cm³/mol. The van der Waals surface area contributed by atoms with Gasteiger partial charge < -0.3 is 9.88 Å². The maximum Gasteiger partial charge on any atom is 0.239 e. The molecule has 4 nitrogen and oxygen atoms in total. The van der Waals surface area contributed by atoms with Crippen LogP contribution in [0.4, 0.5) is 0 Å². The van der Waals surface area contributed by atoms with Crippen molar-refractivity contribution >= 4 is 32.7 Å². The fourth-order valence-corrected chi connectivity index (χ4v) is 3.63. The number of nitrogens with one attached hydrogen (secondary N) is 1. The molecule has 3 rings (SSSR count). The van der Waals surface area contributed by atoms with E-state index in [-0.39, 0.29) is 5.91 Å². The van der Waals surface area contributed by atoms with Crippen molar-refractivity contribution in [1.29, 1.82) is 0 Å². The summed E-state index contributed by atoms with van der Waals surface area (Å²) in [5.41, 5.74) is 1.08. The molecule has 0 aliphatic carbocycles. The van der Waals surface area contributed by atoms with Crippen LogP contribution >= 0.6 is 15.9 Å². The molecule has 0 saturated carbocycles. The number of carbonyl (C=O) groups excluding carboxylic acids is 1. The minimum Gasteiger partial charge on any atom is -0.353 e. The van der Waals surface area contributed by atoms with Crippen molar-refractivity contribution in [3.05, 3.63) is 34.9 Å². The van der Waals surface area contributed by atoms with Crippen LogP contribution in [0.1, 0.15) is 19.8 Å². The van der Waals surface area contributed by atoms with Crippen LogP contribution in [-0.4, -0.2) is 41.1 Å². The lowest BCUT2D eigenvalue weighted by molar-refractivity contribution is -0.121. The van der Waals surface area contributed by atoms with Gasteiger partial charge in [0.15, 0.2) is 0 Å². The van der Waals surface area contributed by atoms with Gasteiger partial charge in [-0.25, -0.2) is 0 Å². The Morgan fingerprint density at radius 1 is 1.41 bits per heavy atom. The number of benzene rings is 1. The van der Waals surface area contributed by atoms with Crippen molar-refractivity contribution in [2.24, 2.45) is 0 Å². The number of nitrogens with zero attached hydrogens (tertiary/aromatic N) is 2. The number of rotatable bonds is 5. The second-order valence-electron chi connectivity index (χ2n) is 5.88. The molecule has 1 amide bonds. The van der Waals surface area contributed by atoms with E-state index < -0.39 is 0 Å². The third-order valence-corrected chi connectivity index (χ3v) is 4.98. The van der Waals surface area contributed by atoms with Gasteiger partial charge in [0, 0.05) is 28.8 Å². The van der Waals surface area contributed by atoms with Crippen molar-refractivity contribution in [2.45, 2.75) is 32.4 Å². The van der Waals surface area contributed by atoms with Crippen molar-refractivity contribution in [2.75, 3.05) is 19.6 Å². The number of likely N-dealkylation sites (tertiary alicyclic amines) is 1. The van der Waals surface area contributed by atoms with Gasteiger partial charge in [-0.05, 0) is 49.5 Å². The summed E-state index contributed by atoms with van der Waals surface area (Å²) in [6.07, 6.45) is 4.41. The van der Waals surface area contributed by atoms with E-state index in [0.717, 1.165) is 35.0 Å². The van der Waals surface area contributed by atoms with Gasteiger partial charge in [0.25, 0.3) is 0 Å². The monoisotopic (exact) mass is 363 g/mol. The number of hydrogen-bond acceptors (Lipinski definition) is 2. The highest BCUT2D eigenvalue weighted by Crippen LogP contribution is 2.21. The molecule has 0 spiro atoms. The molecule has 2 heterocycles. The van der Waals surface area contributed by atoms with Gasteiger partial charge in [-0.3, -0.25) is 9.69 Å². The highest BCUT2D eigenvalue weighted by Gasteiger charge is 2.23. The maximum absolute atomic E-state index is 12.2. The lowest BCUT2D eigenvalue weighted by atomic mass is 10.2. The summed E-state index contributed by atoms with van der Waals surface area (Å²) in [6.45, 7) is 5.54. The number of halogens is 1. The number of hydrogen-bond donors (Lipinski definition) is 1. The lowest BCUT2D eigenvalue weighted by Gasteiger charge is -2.22. The second-order valence-corrected chi connectivity index (χ2v) is 6.79. The first kappa shape index (κ1) is 15.6. The molecule has 2 aromatic rings. The van der Waals surface area contributed by atoms with Gasteiger partial charge in [0.1, 0.15) is 6.54 Å². The van der Waals surface area contributed by atoms with Gasteiger partial charge in [0.2, 0.25) is 5.91 Å². The quantitative estimate of drug-likeness (QED) is 0.886. The Balaban J connectivity index is 1.60. The first-order valence-electron chi connectivity index (χ1n) is 7.92. The maximum atomic E-state index is 12.2. The van der Waals surface area contributed by atoms with Gasteiger partial charge in [-0.2, -0.15) is 0 Å². The second kappa shape index (κ2) is 6.84. The Morgan fingerprint density at radius 3 is 3.09 bits per heavy atom. The van der Waals surface area contributed by atoms with Crippen LogP contribution in [0, 0.1) is 0 Å². The molecule has 1 fully saturated rings. The van der Waals surface area contributed by atoms with E-state index in [2.05, 4.69) is 45.2 Å². The molecule has 118 valence electrons. The first-order chi connectivity index (χ1) is 10.7. The van der Waals surface area contributed by atoms with Crippen molar-refractivity contribution in [3.63, 3.8) is 0 Å². The predicted octanol–water partition coefficient (Wildman–Crippen LogP) is 3.00. The van der Waals surface area contributed by atoms with Gasteiger partial charge in [-0.15, -0.1) is 0 Å². The van der Waals surface area contributed by atoms with Crippen LogP contribution in [0.2, 0.25) is 0 Å². The fourth-order valence-electron chi connectivity index (χ4n) is 3.28. The zero-order valence-electron chi connectivity index (χ0n) is 12.9. The molecule has 1 aliphatic heterocycles. The van der Waals surface area contributed by atoms with E-state index in [9.17, 15) is 4.79 Å². The van der Waals surface area contributed by atoms with Crippen molar-refractivity contribution in [1.82, 2.24) is 14.8 Å². The SMILES string of the molecule is CCN1CCC[C@@H]1CNC(=O)Cn1ccc2ccc(Br)cc21. The molecule has 0 bridgehead atoms. The summed E-state index contributed by atoms with van der Waals surface area (Å²) in [4.78, 5) is 14.7. The number of likely N-dealkylation sites (N-methyl/N-ethyl adjacent to an activating group) is 1. The molecule has 0 radical (unpaired) electrons. The smallest absolute Gasteiger partial charge is 0.239 e. The Kier molecular flexibility index (Phi) is 4.84. The minimum atomic E-state index is 0.0837. The Hall–Kier alpha value is -1.33. The van der Waals surface area contributed by atoms with Crippen LogP contribution in [0.3, 0.4) is 0 Å². The minimum absolute atomic E-state index is 0.0837. The summed E-state index contributed by atoms with van der Waals surface area (Å²) >= 11 is 3.49. The van der Waals surface area contributed by atoms with Crippen molar-refractivity contribution < 1.29 is 4.79 Å². The molecule has 1 N–H and O–H groups in total. The third-order valence-electron chi connectivity index (χ3n) is 4.49. The first-order valence-corrected chi connectivity index (χ1v) is 8.72. The summed E-state index contributed by atoms with van der Waals surface area (Å²) in [5, 5.41) is 4.25. The summed E-state index contributed by atoms with van der Waals surface area (Å²) in [5.74, 6) is 0.0837. The number of amides is 1. The third kappa shape index (κ3) is 3.36. The van der Waals surface area contributed by atoms with E-state index in [1.165, 1.54) is 12.8 Å². The van der Waals surface area contributed by atoms with E-state index >= 15 is 0 Å². The van der Waals surface area contributed by atoms with E-state index in [4.69, 9.17) is 0 Å². The topological polar surface area (TPSA) is 37.3 Å². The molecule has 22 heavy (non-hydrogen) atoms. The van der Waals surface area contributed by atoms with Crippen molar-refractivity contribution in [3.8, 4) is 0 Å². The fraction of sp³-hybridized carbons (Fsp3) is 0.471. The van der Waals surface area contributed by atoms with E-state index in [1.54, 1.807) is 0 Å². The molecule has 1 aliphatic rings. The Bertz CT molecular complexity index is 667. The van der Waals surface area contributed by atoms with Gasteiger partial charge in [0.05, 0.1) is 0 Å². The van der Waals surface area contributed by atoms with E-state index in [0.29, 0.717) is 12.6 Å². The summed E-state index contributed by atoms with van der Waals surface area (Å²) < 4.78 is 3.03. The number of carbonyl (C=O) groups is 1. The zero-order chi connectivity index (χ0) is 15.5.